The molecule has 1 unspecified atom stereocenters. The van der Waals surface area contributed by atoms with Crippen LogP contribution in [0.4, 0.5) is 0 Å². The van der Waals surface area contributed by atoms with E-state index in [2.05, 4.69) is 0 Å². The van der Waals surface area contributed by atoms with E-state index >= 15 is 0 Å². The van der Waals surface area contributed by atoms with Crippen molar-refractivity contribution in [1.29, 1.82) is 0 Å². The maximum absolute atomic E-state index is 12.7. The van der Waals surface area contributed by atoms with E-state index in [1.807, 2.05) is 19.1 Å². The highest BCUT2D eigenvalue weighted by molar-refractivity contribution is 7.89. The molecular formula is C14H19NO3S. The number of hydrogen-bond acceptors (Lipinski definition) is 3. The molecule has 0 radical (unpaired) electrons. The number of benzene rings is 1. The summed E-state index contributed by atoms with van der Waals surface area (Å²) < 4.78 is 27.0. The fourth-order valence-electron chi connectivity index (χ4n) is 3.28. The van der Waals surface area contributed by atoms with Gasteiger partial charge in [-0.2, -0.15) is 4.31 Å². The Hall–Kier alpha value is -0.910. The summed E-state index contributed by atoms with van der Waals surface area (Å²) in [5, 5.41) is 10.0. The first-order valence-corrected chi connectivity index (χ1v) is 8.22. The van der Waals surface area contributed by atoms with Crippen LogP contribution in [-0.2, 0) is 10.0 Å². The van der Waals surface area contributed by atoms with Crippen molar-refractivity contribution in [2.24, 2.45) is 0 Å². The maximum atomic E-state index is 12.7. The smallest absolute Gasteiger partial charge is 0.243 e. The fourth-order valence-corrected chi connectivity index (χ4v) is 5.21. The average molecular weight is 281 g/mol. The van der Waals surface area contributed by atoms with Crippen molar-refractivity contribution in [2.75, 3.05) is 0 Å². The molecule has 4 nitrogen and oxygen atoms in total. The van der Waals surface area contributed by atoms with Crippen LogP contribution in [0.3, 0.4) is 0 Å². The van der Waals surface area contributed by atoms with Gasteiger partial charge in [0, 0.05) is 6.04 Å². The Morgan fingerprint density at radius 1 is 1.11 bits per heavy atom. The predicted octanol–water partition coefficient (Wildman–Crippen LogP) is 1.67. The third kappa shape index (κ3) is 2.10. The molecule has 1 aromatic carbocycles. The Labute approximate surface area is 114 Å². The Balaban J connectivity index is 1.99. The Morgan fingerprint density at radius 3 is 2.42 bits per heavy atom. The molecule has 2 bridgehead atoms. The largest absolute Gasteiger partial charge is 0.391 e. The van der Waals surface area contributed by atoms with Gasteiger partial charge in [0.15, 0.2) is 0 Å². The molecule has 2 heterocycles. The Kier molecular flexibility index (Phi) is 3.15. The van der Waals surface area contributed by atoms with E-state index in [0.29, 0.717) is 4.90 Å². The summed E-state index contributed by atoms with van der Waals surface area (Å²) in [4.78, 5) is 0.337. The monoisotopic (exact) mass is 281 g/mol. The molecule has 1 aromatic rings. The van der Waals surface area contributed by atoms with Crippen molar-refractivity contribution in [3.05, 3.63) is 29.8 Å². The van der Waals surface area contributed by atoms with Gasteiger partial charge < -0.3 is 5.11 Å². The summed E-state index contributed by atoms with van der Waals surface area (Å²) in [6.07, 6.45) is 2.61. The minimum absolute atomic E-state index is 0.0692. The number of aliphatic hydroxyl groups is 1. The van der Waals surface area contributed by atoms with Crippen LogP contribution in [0.2, 0.25) is 0 Å². The molecule has 2 aliphatic rings. The van der Waals surface area contributed by atoms with Gasteiger partial charge in [-0.3, -0.25) is 0 Å². The van der Waals surface area contributed by atoms with Gasteiger partial charge in [0.2, 0.25) is 10.0 Å². The highest BCUT2D eigenvalue weighted by Gasteiger charge is 2.48. The lowest BCUT2D eigenvalue weighted by Crippen LogP contribution is -2.50. The van der Waals surface area contributed by atoms with E-state index in [1.165, 1.54) is 0 Å². The zero-order valence-electron chi connectivity index (χ0n) is 11.0. The van der Waals surface area contributed by atoms with Crippen LogP contribution in [0.15, 0.2) is 29.2 Å². The topological polar surface area (TPSA) is 57.6 Å². The summed E-state index contributed by atoms with van der Waals surface area (Å²) >= 11 is 0. The minimum Gasteiger partial charge on any atom is -0.391 e. The number of piperidine rings is 1. The van der Waals surface area contributed by atoms with Gasteiger partial charge in [-0.05, 0) is 44.7 Å². The van der Waals surface area contributed by atoms with Gasteiger partial charge in [0.25, 0.3) is 0 Å². The molecule has 0 aliphatic carbocycles. The maximum Gasteiger partial charge on any atom is 0.243 e. The molecular weight excluding hydrogens is 262 g/mol. The van der Waals surface area contributed by atoms with Crippen molar-refractivity contribution >= 4 is 10.0 Å². The Morgan fingerprint density at radius 2 is 1.74 bits per heavy atom. The van der Waals surface area contributed by atoms with Crippen molar-refractivity contribution in [2.45, 2.75) is 55.7 Å². The third-order valence-corrected chi connectivity index (χ3v) is 6.31. The molecule has 19 heavy (non-hydrogen) atoms. The van der Waals surface area contributed by atoms with Crippen LogP contribution in [-0.4, -0.2) is 36.0 Å². The van der Waals surface area contributed by atoms with Crippen LogP contribution in [0.25, 0.3) is 0 Å². The number of fused-ring (bicyclic) bond motifs is 2. The van der Waals surface area contributed by atoms with Crippen LogP contribution in [0, 0.1) is 6.92 Å². The summed E-state index contributed by atoms with van der Waals surface area (Å²) in [5.74, 6) is 0. The lowest BCUT2D eigenvalue weighted by atomic mass is 10.0. The van der Waals surface area contributed by atoms with Gasteiger partial charge in [0.05, 0.1) is 17.0 Å². The molecule has 2 aliphatic heterocycles. The Bertz CT molecular complexity index is 567. The van der Waals surface area contributed by atoms with E-state index in [1.54, 1.807) is 16.4 Å². The van der Waals surface area contributed by atoms with Gasteiger partial charge in [-0.15, -0.1) is 0 Å². The van der Waals surface area contributed by atoms with Crippen LogP contribution >= 0.6 is 0 Å². The standard InChI is InChI=1S/C14H19NO3S/c1-10-2-6-12(7-3-10)19(17,18)15-11-4-8-13(15)14(16)9-5-11/h2-3,6-7,11,13-14,16H,4-5,8-9H2,1H3/t11?,13-,14+/m0/s1. The lowest BCUT2D eigenvalue weighted by molar-refractivity contribution is 0.0582. The first-order valence-electron chi connectivity index (χ1n) is 6.78. The summed E-state index contributed by atoms with van der Waals surface area (Å²) in [6, 6.07) is 6.78. The van der Waals surface area contributed by atoms with Gasteiger partial charge in [-0.1, -0.05) is 17.7 Å². The minimum atomic E-state index is -3.47. The molecule has 1 N–H and O–H groups in total. The highest BCUT2D eigenvalue weighted by atomic mass is 32.2. The molecule has 0 spiro atoms. The van der Waals surface area contributed by atoms with Gasteiger partial charge >= 0.3 is 0 Å². The lowest BCUT2D eigenvalue weighted by Gasteiger charge is -2.36. The fraction of sp³-hybridized carbons (Fsp3) is 0.571. The average Bonchev–Trinajstić information content (AvgIpc) is 2.73. The first-order chi connectivity index (χ1) is 9.00. The SMILES string of the molecule is Cc1ccc(S(=O)(=O)N2C3CC[C@@H](O)[C@@H]2CC3)cc1. The van der Waals surface area contributed by atoms with Crippen LogP contribution in [0.1, 0.15) is 31.2 Å². The molecule has 104 valence electrons. The number of nitrogens with zero attached hydrogens (tertiary/aromatic N) is 1. The molecule has 2 saturated heterocycles. The second kappa shape index (κ2) is 4.58. The quantitative estimate of drug-likeness (QED) is 0.897. The number of sulfonamides is 1. The molecule has 0 amide bonds. The second-order valence-corrected chi connectivity index (χ2v) is 7.43. The molecule has 3 rings (SSSR count). The number of aryl methyl sites for hydroxylation is 1. The summed E-state index contributed by atoms with van der Waals surface area (Å²) in [5.41, 5.74) is 1.04. The van der Waals surface area contributed by atoms with E-state index in [0.717, 1.165) is 31.2 Å². The third-order valence-electron chi connectivity index (χ3n) is 4.32. The number of hydrogen-bond donors (Lipinski definition) is 1. The summed E-state index contributed by atoms with van der Waals surface area (Å²) in [6.45, 7) is 1.94. The highest BCUT2D eigenvalue weighted by Crippen LogP contribution is 2.39. The van der Waals surface area contributed by atoms with Crippen LogP contribution < -0.4 is 0 Å². The zero-order chi connectivity index (χ0) is 13.6. The second-order valence-electron chi connectivity index (χ2n) is 5.59. The van der Waals surface area contributed by atoms with E-state index in [-0.39, 0.29) is 12.1 Å². The molecule has 0 saturated carbocycles. The van der Waals surface area contributed by atoms with Crippen molar-refractivity contribution < 1.29 is 13.5 Å². The van der Waals surface area contributed by atoms with Crippen molar-refractivity contribution in [1.82, 2.24) is 4.31 Å². The number of rotatable bonds is 2. The number of aliphatic hydroxyl groups excluding tert-OH is 1. The van der Waals surface area contributed by atoms with Gasteiger partial charge in [0.1, 0.15) is 0 Å². The van der Waals surface area contributed by atoms with E-state index in [9.17, 15) is 13.5 Å². The van der Waals surface area contributed by atoms with Crippen molar-refractivity contribution in [3.8, 4) is 0 Å². The first kappa shape index (κ1) is 13.1. The van der Waals surface area contributed by atoms with E-state index < -0.39 is 16.1 Å². The predicted molar refractivity (Wildman–Crippen MR) is 72.3 cm³/mol. The normalized spacial score (nSPS) is 31.6. The van der Waals surface area contributed by atoms with E-state index in [4.69, 9.17) is 0 Å². The van der Waals surface area contributed by atoms with Gasteiger partial charge in [-0.25, -0.2) is 8.42 Å². The molecule has 5 heteroatoms. The van der Waals surface area contributed by atoms with Crippen LogP contribution in [0.5, 0.6) is 0 Å². The zero-order valence-corrected chi connectivity index (χ0v) is 11.8. The molecule has 3 atom stereocenters. The summed E-state index contributed by atoms with van der Waals surface area (Å²) in [7, 11) is -3.47. The van der Waals surface area contributed by atoms with Crippen molar-refractivity contribution in [3.63, 3.8) is 0 Å². The molecule has 2 fully saturated rings. The molecule has 0 aromatic heterocycles.